The van der Waals surface area contributed by atoms with Crippen molar-refractivity contribution < 1.29 is 14.4 Å². The van der Waals surface area contributed by atoms with Crippen LogP contribution in [-0.4, -0.2) is 21.9 Å². The monoisotopic (exact) mass is 184 g/mol. The van der Waals surface area contributed by atoms with Gasteiger partial charge in [0.25, 0.3) is 5.89 Å². The van der Waals surface area contributed by atoms with Gasteiger partial charge < -0.3 is 14.4 Å². The second kappa shape index (κ2) is 3.08. The Labute approximate surface area is 75.7 Å². The van der Waals surface area contributed by atoms with Crippen molar-refractivity contribution in [1.82, 2.24) is 10.1 Å². The van der Waals surface area contributed by atoms with Gasteiger partial charge in [0.2, 0.25) is 0 Å². The molecular weight excluding hydrogens is 172 g/mol. The van der Waals surface area contributed by atoms with E-state index in [1.54, 1.807) is 0 Å². The fourth-order valence-corrected chi connectivity index (χ4v) is 1.48. The summed E-state index contributed by atoms with van der Waals surface area (Å²) in [5.74, 6) is 0.778. The van der Waals surface area contributed by atoms with E-state index >= 15 is 0 Å². The zero-order valence-electron chi connectivity index (χ0n) is 7.49. The second-order valence-electron chi connectivity index (χ2n) is 3.36. The summed E-state index contributed by atoms with van der Waals surface area (Å²) in [6.07, 6.45) is 1.90. The summed E-state index contributed by atoms with van der Waals surface area (Å²) in [7, 11) is 0. The molecule has 1 aliphatic rings. The zero-order chi connectivity index (χ0) is 9.31. The number of hydrogen-bond acceptors (Lipinski definition) is 5. The normalized spacial score (nSPS) is 28.2. The number of aliphatic hydroxyl groups is 1. The molecule has 0 bridgehead atoms. The summed E-state index contributed by atoms with van der Waals surface area (Å²) in [5.41, 5.74) is -0.444. The second-order valence-corrected chi connectivity index (χ2v) is 3.36. The standard InChI is InChI=1S/C8H12N2O3/c1-8(3-2-4-12-8)7-9-6(5-11)10-13-7/h11H,2-5H2,1H3. The summed E-state index contributed by atoms with van der Waals surface area (Å²) in [5, 5.41) is 12.4. The van der Waals surface area contributed by atoms with Gasteiger partial charge in [0.05, 0.1) is 0 Å². The van der Waals surface area contributed by atoms with Crippen LogP contribution >= 0.6 is 0 Å². The zero-order valence-corrected chi connectivity index (χ0v) is 7.49. The van der Waals surface area contributed by atoms with Crippen molar-refractivity contribution in [2.45, 2.75) is 32.0 Å². The van der Waals surface area contributed by atoms with E-state index in [4.69, 9.17) is 14.4 Å². The Morgan fingerprint density at radius 1 is 1.62 bits per heavy atom. The van der Waals surface area contributed by atoms with Crippen LogP contribution < -0.4 is 0 Å². The van der Waals surface area contributed by atoms with Gasteiger partial charge in [0.15, 0.2) is 5.82 Å². The smallest absolute Gasteiger partial charge is 0.258 e. The molecule has 72 valence electrons. The van der Waals surface area contributed by atoms with Gasteiger partial charge in [0.1, 0.15) is 12.2 Å². The summed E-state index contributed by atoms with van der Waals surface area (Å²) in [6, 6.07) is 0. The highest BCUT2D eigenvalue weighted by Crippen LogP contribution is 2.34. The molecule has 0 spiro atoms. The van der Waals surface area contributed by atoms with Crippen LogP contribution in [0, 0.1) is 0 Å². The number of ether oxygens (including phenoxy) is 1. The number of nitrogens with zero attached hydrogens (tertiary/aromatic N) is 2. The fraction of sp³-hybridized carbons (Fsp3) is 0.750. The maximum absolute atomic E-state index is 8.75. The van der Waals surface area contributed by atoms with Crippen molar-refractivity contribution in [2.75, 3.05) is 6.61 Å². The van der Waals surface area contributed by atoms with Crippen LogP contribution in [0.2, 0.25) is 0 Å². The van der Waals surface area contributed by atoms with Crippen LogP contribution in [-0.2, 0) is 16.9 Å². The van der Waals surface area contributed by atoms with Crippen LogP contribution in [0.25, 0.3) is 0 Å². The van der Waals surface area contributed by atoms with Gasteiger partial charge in [-0.15, -0.1) is 0 Å². The van der Waals surface area contributed by atoms with Gasteiger partial charge in [-0.05, 0) is 19.8 Å². The summed E-state index contributed by atoms with van der Waals surface area (Å²) in [6.45, 7) is 2.46. The van der Waals surface area contributed by atoms with E-state index in [-0.39, 0.29) is 6.61 Å². The third-order valence-corrected chi connectivity index (χ3v) is 2.28. The van der Waals surface area contributed by atoms with Crippen molar-refractivity contribution in [3.63, 3.8) is 0 Å². The SMILES string of the molecule is CC1(c2nc(CO)no2)CCCO1. The Kier molecular flexibility index (Phi) is 2.05. The molecule has 1 atom stereocenters. The number of aliphatic hydroxyl groups excluding tert-OH is 1. The minimum Gasteiger partial charge on any atom is -0.388 e. The first kappa shape index (κ1) is 8.65. The van der Waals surface area contributed by atoms with Gasteiger partial charge in [-0.1, -0.05) is 5.16 Å². The first-order valence-electron chi connectivity index (χ1n) is 4.32. The minimum atomic E-state index is -0.444. The van der Waals surface area contributed by atoms with Gasteiger partial charge in [-0.2, -0.15) is 4.98 Å². The Morgan fingerprint density at radius 2 is 2.46 bits per heavy atom. The van der Waals surface area contributed by atoms with E-state index in [9.17, 15) is 0 Å². The van der Waals surface area contributed by atoms with Crippen LogP contribution in [0.1, 0.15) is 31.5 Å². The first-order valence-corrected chi connectivity index (χ1v) is 4.32. The molecule has 5 heteroatoms. The lowest BCUT2D eigenvalue weighted by Gasteiger charge is -2.16. The van der Waals surface area contributed by atoms with Crippen molar-refractivity contribution >= 4 is 0 Å². The maximum atomic E-state index is 8.75. The van der Waals surface area contributed by atoms with Crippen molar-refractivity contribution in [3.8, 4) is 0 Å². The van der Waals surface area contributed by atoms with Crippen molar-refractivity contribution in [1.29, 1.82) is 0 Å². The van der Waals surface area contributed by atoms with Gasteiger partial charge in [0, 0.05) is 6.61 Å². The predicted molar refractivity (Wildman–Crippen MR) is 42.8 cm³/mol. The lowest BCUT2D eigenvalue weighted by atomic mass is 10.0. The Bertz CT molecular complexity index is 291. The van der Waals surface area contributed by atoms with E-state index in [1.807, 2.05) is 6.92 Å². The average Bonchev–Trinajstić information content (AvgIpc) is 2.72. The molecule has 0 saturated carbocycles. The molecule has 1 aliphatic heterocycles. The van der Waals surface area contributed by atoms with Crippen molar-refractivity contribution in [2.24, 2.45) is 0 Å². The van der Waals surface area contributed by atoms with E-state index in [0.717, 1.165) is 19.4 Å². The Hall–Kier alpha value is -0.940. The third-order valence-electron chi connectivity index (χ3n) is 2.28. The summed E-state index contributed by atoms with van der Waals surface area (Å²) >= 11 is 0. The third kappa shape index (κ3) is 1.45. The highest BCUT2D eigenvalue weighted by atomic mass is 16.5. The molecule has 1 aromatic heterocycles. The molecule has 2 rings (SSSR count). The van der Waals surface area contributed by atoms with E-state index in [1.165, 1.54) is 0 Å². The summed E-state index contributed by atoms with van der Waals surface area (Å²) < 4.78 is 10.5. The van der Waals surface area contributed by atoms with Gasteiger partial charge >= 0.3 is 0 Å². The number of aromatic nitrogens is 2. The molecule has 1 aromatic rings. The molecule has 0 radical (unpaired) electrons. The first-order chi connectivity index (χ1) is 6.24. The average molecular weight is 184 g/mol. The molecule has 0 aliphatic carbocycles. The number of rotatable bonds is 2. The quantitative estimate of drug-likeness (QED) is 0.728. The van der Waals surface area contributed by atoms with E-state index < -0.39 is 5.60 Å². The minimum absolute atomic E-state index is 0.195. The van der Waals surface area contributed by atoms with Crippen molar-refractivity contribution in [3.05, 3.63) is 11.7 Å². The predicted octanol–water partition coefficient (Wildman–Crippen LogP) is 0.587. The summed E-state index contributed by atoms with van der Waals surface area (Å²) in [4.78, 5) is 4.03. The highest BCUT2D eigenvalue weighted by molar-refractivity contribution is 4.99. The molecule has 5 nitrogen and oxygen atoms in total. The molecule has 13 heavy (non-hydrogen) atoms. The lowest BCUT2D eigenvalue weighted by Crippen LogP contribution is -2.20. The van der Waals surface area contributed by atoms with Crippen LogP contribution in [0.4, 0.5) is 0 Å². The van der Waals surface area contributed by atoms with Crippen LogP contribution in [0.3, 0.4) is 0 Å². The molecule has 2 heterocycles. The molecule has 1 fully saturated rings. The van der Waals surface area contributed by atoms with E-state index in [2.05, 4.69) is 10.1 Å². The highest BCUT2D eigenvalue weighted by Gasteiger charge is 2.37. The molecule has 1 N–H and O–H groups in total. The lowest BCUT2D eigenvalue weighted by molar-refractivity contribution is -0.00937. The molecule has 1 unspecified atom stereocenters. The topological polar surface area (TPSA) is 68.4 Å². The van der Waals surface area contributed by atoms with Gasteiger partial charge in [-0.25, -0.2) is 0 Å². The molecular formula is C8H12N2O3. The fourth-order valence-electron chi connectivity index (χ4n) is 1.48. The van der Waals surface area contributed by atoms with Crippen LogP contribution in [0.15, 0.2) is 4.52 Å². The largest absolute Gasteiger partial charge is 0.388 e. The van der Waals surface area contributed by atoms with Crippen LogP contribution in [0.5, 0.6) is 0 Å². The van der Waals surface area contributed by atoms with E-state index in [0.29, 0.717) is 11.7 Å². The molecule has 0 aromatic carbocycles. The Morgan fingerprint density at radius 3 is 3.00 bits per heavy atom. The Balaban J connectivity index is 2.23. The van der Waals surface area contributed by atoms with Gasteiger partial charge in [-0.3, -0.25) is 0 Å². The molecule has 1 saturated heterocycles. The molecule has 0 amide bonds. The number of hydrogen-bond donors (Lipinski definition) is 1. The maximum Gasteiger partial charge on any atom is 0.258 e.